The zero-order valence-corrected chi connectivity index (χ0v) is 9.10. The van der Waals surface area contributed by atoms with Crippen molar-refractivity contribution < 1.29 is 9.90 Å². The average Bonchev–Trinajstić information content (AvgIpc) is 2.11. The lowest BCUT2D eigenvalue weighted by atomic mass is 10.3. The number of anilines is 1. The number of carbonyl (C=O) groups is 1. The van der Waals surface area contributed by atoms with E-state index >= 15 is 0 Å². The molecule has 76 valence electrons. The van der Waals surface area contributed by atoms with Gasteiger partial charge in [-0.1, -0.05) is 17.7 Å². The Morgan fingerprint density at radius 2 is 2.29 bits per heavy atom. The molecule has 3 nitrogen and oxygen atoms in total. The van der Waals surface area contributed by atoms with Crippen molar-refractivity contribution >= 4 is 35.0 Å². The summed E-state index contributed by atoms with van der Waals surface area (Å²) in [5.74, 6) is -0.880. The first-order chi connectivity index (χ1) is 6.52. The fourth-order valence-corrected chi connectivity index (χ4v) is 2.03. The topological polar surface area (TPSA) is 63.3 Å². The molecule has 0 amide bonds. The first-order valence-corrected chi connectivity index (χ1v) is 5.21. The molecule has 0 saturated carbocycles. The fraction of sp³-hybridized carbons (Fsp3) is 0.222. The highest BCUT2D eigenvalue weighted by molar-refractivity contribution is 8.00. The van der Waals surface area contributed by atoms with Crippen LogP contribution >= 0.6 is 23.4 Å². The van der Waals surface area contributed by atoms with Crippen LogP contribution in [0.5, 0.6) is 0 Å². The van der Waals surface area contributed by atoms with E-state index in [2.05, 4.69) is 0 Å². The summed E-state index contributed by atoms with van der Waals surface area (Å²) < 4.78 is 0. The Kier molecular flexibility index (Phi) is 3.66. The summed E-state index contributed by atoms with van der Waals surface area (Å²) in [5, 5.41) is 8.65. The number of hydrogen-bond donors (Lipinski definition) is 2. The fourth-order valence-electron chi connectivity index (χ4n) is 0.877. The third kappa shape index (κ3) is 2.56. The van der Waals surface area contributed by atoms with Gasteiger partial charge in [-0.25, -0.2) is 0 Å². The summed E-state index contributed by atoms with van der Waals surface area (Å²) in [4.78, 5) is 11.3. The maximum absolute atomic E-state index is 10.6. The molecule has 0 fully saturated rings. The van der Waals surface area contributed by atoms with Gasteiger partial charge in [-0.3, -0.25) is 4.79 Å². The molecule has 0 aliphatic carbocycles. The molecule has 1 aromatic rings. The van der Waals surface area contributed by atoms with Crippen molar-refractivity contribution in [3.63, 3.8) is 0 Å². The van der Waals surface area contributed by atoms with Gasteiger partial charge in [0, 0.05) is 10.6 Å². The Balaban J connectivity index is 2.91. The monoisotopic (exact) mass is 231 g/mol. The molecule has 0 radical (unpaired) electrons. The minimum Gasteiger partial charge on any atom is -0.480 e. The summed E-state index contributed by atoms with van der Waals surface area (Å²) in [6.07, 6.45) is 0. The van der Waals surface area contributed by atoms with Gasteiger partial charge in [0.1, 0.15) is 5.25 Å². The molecular weight excluding hydrogens is 222 g/mol. The molecule has 1 atom stereocenters. The van der Waals surface area contributed by atoms with Gasteiger partial charge in [0.2, 0.25) is 0 Å². The zero-order valence-electron chi connectivity index (χ0n) is 7.53. The Bertz CT molecular complexity index is 336. The Morgan fingerprint density at radius 3 is 2.79 bits per heavy atom. The van der Waals surface area contributed by atoms with E-state index in [9.17, 15) is 4.79 Å². The SMILES string of the molecule is CC(Sc1c(N)cccc1Cl)C(=O)O. The number of hydrogen-bond acceptors (Lipinski definition) is 3. The second-order valence-electron chi connectivity index (χ2n) is 2.76. The van der Waals surface area contributed by atoms with E-state index in [1.165, 1.54) is 0 Å². The van der Waals surface area contributed by atoms with Crippen molar-refractivity contribution in [1.29, 1.82) is 0 Å². The molecule has 14 heavy (non-hydrogen) atoms. The number of aliphatic carboxylic acids is 1. The van der Waals surface area contributed by atoms with Gasteiger partial charge in [0.15, 0.2) is 0 Å². The molecule has 0 spiro atoms. The van der Waals surface area contributed by atoms with E-state index in [0.29, 0.717) is 15.6 Å². The standard InChI is InChI=1S/C9H10ClNO2S/c1-5(9(12)13)14-8-6(10)3-2-4-7(8)11/h2-5H,11H2,1H3,(H,12,13). The molecule has 0 heterocycles. The number of thioether (sulfide) groups is 1. The van der Waals surface area contributed by atoms with E-state index in [1.807, 2.05) is 0 Å². The summed E-state index contributed by atoms with van der Waals surface area (Å²) in [7, 11) is 0. The lowest BCUT2D eigenvalue weighted by Crippen LogP contribution is -2.11. The third-order valence-corrected chi connectivity index (χ3v) is 3.31. The van der Waals surface area contributed by atoms with Gasteiger partial charge in [0.25, 0.3) is 0 Å². The molecular formula is C9H10ClNO2S. The smallest absolute Gasteiger partial charge is 0.316 e. The molecule has 0 bridgehead atoms. The molecule has 1 unspecified atom stereocenters. The molecule has 3 N–H and O–H groups in total. The van der Waals surface area contributed by atoms with Crippen LogP contribution in [0.25, 0.3) is 0 Å². The predicted octanol–water partition coefficient (Wildman–Crippen LogP) is 2.49. The number of halogens is 1. The van der Waals surface area contributed by atoms with Crippen LogP contribution < -0.4 is 5.73 Å². The van der Waals surface area contributed by atoms with Crippen LogP contribution in [0, 0.1) is 0 Å². The number of rotatable bonds is 3. The Morgan fingerprint density at radius 1 is 1.64 bits per heavy atom. The molecule has 1 rings (SSSR count). The number of nitrogen functional groups attached to an aromatic ring is 1. The van der Waals surface area contributed by atoms with Crippen LogP contribution in [0.2, 0.25) is 5.02 Å². The molecule has 5 heteroatoms. The first kappa shape index (κ1) is 11.2. The molecule has 0 aliphatic rings. The van der Waals surface area contributed by atoms with Crippen molar-refractivity contribution in [3.05, 3.63) is 23.2 Å². The van der Waals surface area contributed by atoms with E-state index in [-0.39, 0.29) is 0 Å². The first-order valence-electron chi connectivity index (χ1n) is 3.96. The van der Waals surface area contributed by atoms with Crippen LogP contribution in [-0.4, -0.2) is 16.3 Å². The number of nitrogens with two attached hydrogens (primary N) is 1. The van der Waals surface area contributed by atoms with Crippen molar-refractivity contribution in [2.45, 2.75) is 17.1 Å². The quantitative estimate of drug-likeness (QED) is 0.620. The van der Waals surface area contributed by atoms with Gasteiger partial charge in [-0.2, -0.15) is 0 Å². The van der Waals surface area contributed by atoms with Crippen LogP contribution in [-0.2, 0) is 4.79 Å². The summed E-state index contributed by atoms with van der Waals surface area (Å²) in [6, 6.07) is 5.12. The normalized spacial score (nSPS) is 12.4. The van der Waals surface area contributed by atoms with Gasteiger partial charge in [0.05, 0.1) is 5.02 Å². The summed E-state index contributed by atoms with van der Waals surface area (Å²) in [5.41, 5.74) is 6.18. The Labute approximate surface area is 91.2 Å². The second-order valence-corrected chi connectivity index (χ2v) is 4.51. The number of carboxylic acid groups (broad SMARTS) is 1. The van der Waals surface area contributed by atoms with Gasteiger partial charge in [-0.05, 0) is 19.1 Å². The van der Waals surface area contributed by atoms with E-state index in [1.54, 1.807) is 25.1 Å². The Hall–Kier alpha value is -0.870. The molecule has 0 saturated heterocycles. The highest BCUT2D eigenvalue weighted by Crippen LogP contribution is 2.34. The van der Waals surface area contributed by atoms with Gasteiger partial charge >= 0.3 is 5.97 Å². The third-order valence-electron chi connectivity index (χ3n) is 1.64. The second kappa shape index (κ2) is 4.57. The zero-order chi connectivity index (χ0) is 10.7. The van der Waals surface area contributed by atoms with Crippen molar-refractivity contribution in [2.75, 3.05) is 5.73 Å². The number of benzene rings is 1. The molecule has 0 aliphatic heterocycles. The lowest BCUT2D eigenvalue weighted by molar-refractivity contribution is -0.136. The maximum atomic E-state index is 10.6. The van der Waals surface area contributed by atoms with Crippen LogP contribution in [0.1, 0.15) is 6.92 Å². The van der Waals surface area contributed by atoms with Gasteiger partial charge < -0.3 is 10.8 Å². The average molecular weight is 232 g/mol. The van der Waals surface area contributed by atoms with E-state index in [4.69, 9.17) is 22.4 Å². The van der Waals surface area contributed by atoms with Crippen molar-refractivity contribution in [1.82, 2.24) is 0 Å². The maximum Gasteiger partial charge on any atom is 0.316 e. The van der Waals surface area contributed by atoms with Crippen LogP contribution in [0.3, 0.4) is 0 Å². The largest absolute Gasteiger partial charge is 0.480 e. The minimum absolute atomic E-state index is 0.489. The molecule has 0 aromatic heterocycles. The predicted molar refractivity (Wildman–Crippen MR) is 58.8 cm³/mol. The highest BCUT2D eigenvalue weighted by Gasteiger charge is 2.15. The number of carboxylic acids is 1. The van der Waals surface area contributed by atoms with Crippen LogP contribution in [0.4, 0.5) is 5.69 Å². The summed E-state index contributed by atoms with van der Waals surface area (Å²) >= 11 is 7.03. The van der Waals surface area contributed by atoms with Crippen LogP contribution in [0.15, 0.2) is 23.1 Å². The molecule has 1 aromatic carbocycles. The van der Waals surface area contributed by atoms with Crippen molar-refractivity contribution in [3.8, 4) is 0 Å². The minimum atomic E-state index is -0.880. The summed E-state index contributed by atoms with van der Waals surface area (Å²) in [6.45, 7) is 1.59. The highest BCUT2D eigenvalue weighted by atomic mass is 35.5. The van der Waals surface area contributed by atoms with Gasteiger partial charge in [-0.15, -0.1) is 11.8 Å². The lowest BCUT2D eigenvalue weighted by Gasteiger charge is -2.09. The van der Waals surface area contributed by atoms with Crippen molar-refractivity contribution in [2.24, 2.45) is 0 Å². The van der Waals surface area contributed by atoms with E-state index in [0.717, 1.165) is 11.8 Å². The van der Waals surface area contributed by atoms with E-state index < -0.39 is 11.2 Å².